The molecular formula is C22H30N2O3. The molecule has 1 aromatic rings. The summed E-state index contributed by atoms with van der Waals surface area (Å²) in [6, 6.07) is 10.5. The third-order valence-corrected chi connectivity index (χ3v) is 6.79. The highest BCUT2D eigenvalue weighted by Crippen LogP contribution is 2.48. The van der Waals surface area contributed by atoms with Crippen LogP contribution < -0.4 is 5.32 Å². The number of fused-ring (bicyclic) bond motifs is 1. The fraction of sp³-hybridized carbons (Fsp3) is 0.636. The standard InChI is InChI=1S/C22H30N2O3/c25-20-8-12-22(16-23-21(26)18-9-13-27-14-10-18)11-4-7-19(22)24(20)15-17-5-2-1-3-6-17/h1-3,5-6,18-19H,4,7-16H2,(H,23,26)/t19-,22+/m1/s1. The topological polar surface area (TPSA) is 58.6 Å². The van der Waals surface area contributed by atoms with Gasteiger partial charge in [0, 0.05) is 50.1 Å². The van der Waals surface area contributed by atoms with Crippen molar-refractivity contribution in [2.24, 2.45) is 11.3 Å². The van der Waals surface area contributed by atoms with Crippen LogP contribution in [0.25, 0.3) is 0 Å². The molecule has 2 aliphatic heterocycles. The minimum atomic E-state index is 0.0452. The molecule has 27 heavy (non-hydrogen) atoms. The van der Waals surface area contributed by atoms with Gasteiger partial charge in [-0.2, -0.15) is 0 Å². The molecule has 3 fully saturated rings. The Bertz CT molecular complexity index is 671. The van der Waals surface area contributed by atoms with Crippen molar-refractivity contribution in [2.45, 2.75) is 57.5 Å². The van der Waals surface area contributed by atoms with E-state index in [4.69, 9.17) is 4.74 Å². The van der Waals surface area contributed by atoms with Crippen LogP contribution in [0.3, 0.4) is 0 Å². The lowest BCUT2D eigenvalue weighted by Gasteiger charge is -2.46. The zero-order valence-corrected chi connectivity index (χ0v) is 16.0. The molecule has 4 rings (SSSR count). The molecule has 0 unspecified atom stereocenters. The summed E-state index contributed by atoms with van der Waals surface area (Å²) >= 11 is 0. The average Bonchev–Trinajstić information content (AvgIpc) is 3.14. The second kappa shape index (κ2) is 8.01. The van der Waals surface area contributed by atoms with Gasteiger partial charge in [0.1, 0.15) is 0 Å². The zero-order chi connectivity index (χ0) is 18.7. The SMILES string of the molecule is O=C(NC[C@@]12CCC[C@H]1N(Cc1ccccc1)C(=O)CC2)C1CCOCC1. The molecule has 1 N–H and O–H groups in total. The quantitative estimate of drug-likeness (QED) is 0.867. The molecule has 1 saturated carbocycles. The van der Waals surface area contributed by atoms with Gasteiger partial charge in [-0.3, -0.25) is 9.59 Å². The number of carbonyl (C=O) groups excluding carboxylic acids is 2. The number of hydrogen-bond donors (Lipinski definition) is 1. The molecule has 3 aliphatic rings. The van der Waals surface area contributed by atoms with E-state index in [9.17, 15) is 9.59 Å². The van der Waals surface area contributed by atoms with Crippen molar-refractivity contribution < 1.29 is 14.3 Å². The van der Waals surface area contributed by atoms with E-state index in [2.05, 4.69) is 22.3 Å². The summed E-state index contributed by atoms with van der Waals surface area (Å²) < 4.78 is 5.37. The lowest BCUT2D eigenvalue weighted by atomic mass is 9.74. The first-order valence-electron chi connectivity index (χ1n) is 10.4. The van der Waals surface area contributed by atoms with Crippen molar-refractivity contribution in [1.29, 1.82) is 0 Å². The predicted molar refractivity (Wildman–Crippen MR) is 103 cm³/mol. The summed E-state index contributed by atoms with van der Waals surface area (Å²) in [6.07, 6.45) is 6.42. The molecule has 2 heterocycles. The maximum absolute atomic E-state index is 12.7. The van der Waals surface area contributed by atoms with Gasteiger partial charge in [0.05, 0.1) is 0 Å². The van der Waals surface area contributed by atoms with Crippen molar-refractivity contribution in [3.8, 4) is 0 Å². The van der Waals surface area contributed by atoms with Crippen molar-refractivity contribution in [3.05, 3.63) is 35.9 Å². The molecule has 5 heteroatoms. The summed E-state index contributed by atoms with van der Waals surface area (Å²) in [5.41, 5.74) is 1.23. The summed E-state index contributed by atoms with van der Waals surface area (Å²) in [5.74, 6) is 0.516. The van der Waals surface area contributed by atoms with Gasteiger partial charge in [0.2, 0.25) is 11.8 Å². The van der Waals surface area contributed by atoms with E-state index in [-0.39, 0.29) is 29.2 Å². The fourth-order valence-electron chi connectivity index (χ4n) is 5.21. The fourth-order valence-corrected chi connectivity index (χ4v) is 5.21. The molecule has 1 aromatic carbocycles. The molecule has 0 radical (unpaired) electrons. The van der Waals surface area contributed by atoms with Gasteiger partial charge in [-0.1, -0.05) is 36.8 Å². The molecule has 0 aromatic heterocycles. The van der Waals surface area contributed by atoms with Crippen LogP contribution in [0.2, 0.25) is 0 Å². The Morgan fingerprint density at radius 1 is 1.15 bits per heavy atom. The Morgan fingerprint density at radius 2 is 1.93 bits per heavy atom. The van der Waals surface area contributed by atoms with Gasteiger partial charge >= 0.3 is 0 Å². The van der Waals surface area contributed by atoms with Crippen LogP contribution >= 0.6 is 0 Å². The van der Waals surface area contributed by atoms with Crippen LogP contribution in [0.4, 0.5) is 0 Å². The molecule has 2 saturated heterocycles. The Labute approximate surface area is 161 Å². The van der Waals surface area contributed by atoms with Crippen molar-refractivity contribution in [1.82, 2.24) is 10.2 Å². The Hall–Kier alpha value is -1.88. The number of nitrogens with one attached hydrogen (secondary N) is 1. The van der Waals surface area contributed by atoms with Crippen molar-refractivity contribution in [3.63, 3.8) is 0 Å². The van der Waals surface area contributed by atoms with Crippen molar-refractivity contribution in [2.75, 3.05) is 19.8 Å². The summed E-state index contributed by atoms with van der Waals surface area (Å²) in [6.45, 7) is 2.75. The number of nitrogens with zero attached hydrogens (tertiary/aromatic N) is 1. The van der Waals surface area contributed by atoms with Crippen LogP contribution in [0, 0.1) is 11.3 Å². The third kappa shape index (κ3) is 3.88. The Morgan fingerprint density at radius 3 is 2.70 bits per heavy atom. The number of likely N-dealkylation sites (tertiary alicyclic amines) is 1. The highest BCUT2D eigenvalue weighted by atomic mass is 16.5. The summed E-state index contributed by atoms with van der Waals surface area (Å²) in [7, 11) is 0. The Balaban J connectivity index is 1.44. The smallest absolute Gasteiger partial charge is 0.223 e. The molecule has 2 amide bonds. The molecule has 2 atom stereocenters. The van der Waals surface area contributed by atoms with Gasteiger partial charge in [-0.25, -0.2) is 0 Å². The lowest BCUT2D eigenvalue weighted by Crippen LogP contribution is -2.56. The minimum Gasteiger partial charge on any atom is -0.381 e. The summed E-state index contributed by atoms with van der Waals surface area (Å²) in [4.78, 5) is 27.4. The number of piperidine rings is 1. The van der Waals surface area contributed by atoms with Crippen LogP contribution in [-0.2, 0) is 20.9 Å². The minimum absolute atomic E-state index is 0.0452. The van der Waals surface area contributed by atoms with Crippen LogP contribution in [0.15, 0.2) is 30.3 Å². The second-order valence-electron chi connectivity index (χ2n) is 8.38. The average molecular weight is 370 g/mol. The molecule has 1 aliphatic carbocycles. The number of hydrogen-bond acceptors (Lipinski definition) is 3. The first-order chi connectivity index (χ1) is 13.2. The number of carbonyl (C=O) groups is 2. The maximum atomic E-state index is 12.7. The highest BCUT2D eigenvalue weighted by Gasteiger charge is 2.50. The van der Waals surface area contributed by atoms with Crippen LogP contribution in [0.1, 0.15) is 50.5 Å². The van der Waals surface area contributed by atoms with E-state index in [0.29, 0.717) is 32.7 Å². The highest BCUT2D eigenvalue weighted by molar-refractivity contribution is 5.79. The van der Waals surface area contributed by atoms with Crippen molar-refractivity contribution >= 4 is 11.8 Å². The summed E-state index contributed by atoms with van der Waals surface area (Å²) in [5, 5.41) is 3.25. The van der Waals surface area contributed by atoms with Crippen LogP contribution in [-0.4, -0.2) is 42.5 Å². The first kappa shape index (κ1) is 18.5. The monoisotopic (exact) mass is 370 g/mol. The number of rotatable bonds is 5. The van der Waals surface area contributed by atoms with Gasteiger partial charge in [0.25, 0.3) is 0 Å². The number of amides is 2. The Kier molecular flexibility index (Phi) is 5.48. The van der Waals surface area contributed by atoms with E-state index in [0.717, 1.165) is 38.5 Å². The largest absolute Gasteiger partial charge is 0.381 e. The molecular weight excluding hydrogens is 340 g/mol. The van der Waals surface area contributed by atoms with Gasteiger partial charge in [0.15, 0.2) is 0 Å². The normalized spacial score (nSPS) is 28.8. The molecule has 0 bridgehead atoms. The maximum Gasteiger partial charge on any atom is 0.223 e. The third-order valence-electron chi connectivity index (χ3n) is 6.79. The van der Waals surface area contributed by atoms with Crippen LogP contribution in [0.5, 0.6) is 0 Å². The lowest BCUT2D eigenvalue weighted by molar-refractivity contribution is -0.143. The predicted octanol–water partition coefficient (Wildman–Crippen LogP) is 2.89. The molecule has 146 valence electrons. The van der Waals surface area contributed by atoms with Gasteiger partial charge < -0.3 is 15.0 Å². The van der Waals surface area contributed by atoms with Gasteiger partial charge in [-0.15, -0.1) is 0 Å². The van der Waals surface area contributed by atoms with E-state index in [1.807, 2.05) is 18.2 Å². The molecule has 5 nitrogen and oxygen atoms in total. The van der Waals surface area contributed by atoms with E-state index >= 15 is 0 Å². The first-order valence-corrected chi connectivity index (χ1v) is 10.4. The number of benzene rings is 1. The number of ether oxygens (including phenoxy) is 1. The molecule has 0 spiro atoms. The zero-order valence-electron chi connectivity index (χ0n) is 16.0. The second-order valence-corrected chi connectivity index (χ2v) is 8.38. The van der Waals surface area contributed by atoms with E-state index < -0.39 is 0 Å². The van der Waals surface area contributed by atoms with Gasteiger partial charge in [-0.05, 0) is 37.7 Å². The van der Waals surface area contributed by atoms with E-state index in [1.165, 1.54) is 5.56 Å². The van der Waals surface area contributed by atoms with E-state index in [1.54, 1.807) is 0 Å².